The zero-order valence-electron chi connectivity index (χ0n) is 15.1. The summed E-state index contributed by atoms with van der Waals surface area (Å²) in [6.45, 7) is 2.96. The van der Waals surface area contributed by atoms with E-state index < -0.39 is 23.5 Å². The highest BCUT2D eigenvalue weighted by atomic mass is 16.5. The fourth-order valence-electron chi connectivity index (χ4n) is 3.72. The molecule has 0 saturated carbocycles. The van der Waals surface area contributed by atoms with Crippen molar-refractivity contribution in [2.75, 3.05) is 13.2 Å². The van der Waals surface area contributed by atoms with Gasteiger partial charge in [-0.2, -0.15) is 0 Å². The molecule has 4 rings (SSSR count). The van der Waals surface area contributed by atoms with Crippen LogP contribution in [-0.2, 0) is 9.53 Å². The summed E-state index contributed by atoms with van der Waals surface area (Å²) in [6, 6.07) is 10.1. The summed E-state index contributed by atoms with van der Waals surface area (Å²) in [5.41, 5.74) is 1.89. The molecular weight excluding hydrogens is 346 g/mol. The number of carbonyl (C=O) groups excluding carboxylic acids is 2. The second-order valence-electron chi connectivity index (χ2n) is 6.97. The third-order valence-corrected chi connectivity index (χ3v) is 5.11. The van der Waals surface area contributed by atoms with Crippen molar-refractivity contribution in [2.24, 2.45) is 0 Å². The first kappa shape index (κ1) is 17.5. The summed E-state index contributed by atoms with van der Waals surface area (Å²) >= 11 is 0. The Morgan fingerprint density at radius 2 is 2.04 bits per heavy atom. The normalized spacial score (nSPS) is 22.7. The summed E-state index contributed by atoms with van der Waals surface area (Å²) < 4.78 is 10.9. The number of nitrogens with zero attached hydrogens (tertiary/aromatic N) is 1. The van der Waals surface area contributed by atoms with Crippen molar-refractivity contribution in [3.05, 3.63) is 70.9 Å². The van der Waals surface area contributed by atoms with Gasteiger partial charge in [0.2, 0.25) is 5.78 Å². The molecule has 1 aromatic heterocycles. The quantitative estimate of drug-likeness (QED) is 0.820. The molecule has 6 nitrogen and oxygen atoms in total. The molecule has 1 aromatic carbocycles. The summed E-state index contributed by atoms with van der Waals surface area (Å²) in [4.78, 5) is 27.3. The minimum absolute atomic E-state index is 0.0526. The second kappa shape index (κ2) is 7.04. The maximum absolute atomic E-state index is 13.0. The number of aliphatic hydroxyl groups is 1. The Kier molecular flexibility index (Phi) is 4.58. The first-order valence-electron chi connectivity index (χ1n) is 9.06. The molecule has 27 heavy (non-hydrogen) atoms. The highest BCUT2D eigenvalue weighted by Gasteiger charge is 2.45. The van der Waals surface area contributed by atoms with Gasteiger partial charge in [0.25, 0.3) is 5.91 Å². The van der Waals surface area contributed by atoms with Crippen molar-refractivity contribution in [1.82, 2.24) is 4.90 Å². The Labute approximate surface area is 157 Å². The standard InChI is InChI=1S/C21H21NO5/c1-13-6-8-14(9-7-13)18-17(19(23)16-5-3-11-27-16)20(24)21(25)22(18)12-15-4-2-10-26-15/h3,5-9,11,15,18,24H,2,4,10,12H2,1H3/t15-,18+/m0/s1. The average Bonchev–Trinajstić information content (AvgIpc) is 3.41. The summed E-state index contributed by atoms with van der Waals surface area (Å²) in [7, 11) is 0. The molecular formula is C21H21NO5. The summed E-state index contributed by atoms with van der Waals surface area (Å²) in [6.07, 6.45) is 3.10. The van der Waals surface area contributed by atoms with Crippen LogP contribution in [0.15, 0.2) is 58.4 Å². The summed E-state index contributed by atoms with van der Waals surface area (Å²) in [5.74, 6) is -1.45. The Hall–Kier alpha value is -2.86. The SMILES string of the molecule is Cc1ccc([C@@H]2C(C(=O)c3ccco3)=C(O)C(=O)N2C[C@@H]2CCCO2)cc1. The van der Waals surface area contributed by atoms with Gasteiger partial charge in [0.15, 0.2) is 11.5 Å². The molecule has 1 fully saturated rings. The van der Waals surface area contributed by atoms with E-state index in [-0.39, 0.29) is 17.4 Å². The van der Waals surface area contributed by atoms with Crippen LogP contribution in [-0.4, -0.2) is 41.0 Å². The van der Waals surface area contributed by atoms with Gasteiger partial charge < -0.3 is 19.2 Å². The van der Waals surface area contributed by atoms with E-state index in [1.54, 1.807) is 6.07 Å². The van der Waals surface area contributed by atoms with Crippen LogP contribution in [0.4, 0.5) is 0 Å². The molecule has 6 heteroatoms. The Morgan fingerprint density at radius 1 is 1.26 bits per heavy atom. The zero-order chi connectivity index (χ0) is 19.0. The third kappa shape index (κ3) is 3.17. The van der Waals surface area contributed by atoms with Crippen molar-refractivity contribution in [3.63, 3.8) is 0 Å². The van der Waals surface area contributed by atoms with Crippen LogP contribution in [0.2, 0.25) is 0 Å². The van der Waals surface area contributed by atoms with E-state index in [2.05, 4.69) is 0 Å². The molecule has 2 aliphatic heterocycles. The van der Waals surface area contributed by atoms with Crippen LogP contribution in [0, 0.1) is 6.92 Å². The number of benzene rings is 1. The fraction of sp³-hybridized carbons (Fsp3) is 0.333. The third-order valence-electron chi connectivity index (χ3n) is 5.11. The molecule has 1 amide bonds. The molecule has 0 bridgehead atoms. The molecule has 1 N–H and O–H groups in total. The van der Waals surface area contributed by atoms with E-state index in [1.807, 2.05) is 31.2 Å². The van der Waals surface area contributed by atoms with Crippen LogP contribution in [0.25, 0.3) is 0 Å². The molecule has 0 radical (unpaired) electrons. The van der Waals surface area contributed by atoms with Crippen LogP contribution in [0.3, 0.4) is 0 Å². The van der Waals surface area contributed by atoms with E-state index in [1.165, 1.54) is 17.2 Å². The molecule has 0 spiro atoms. The molecule has 3 heterocycles. The number of rotatable bonds is 5. The lowest BCUT2D eigenvalue weighted by Crippen LogP contribution is -2.37. The predicted octanol–water partition coefficient (Wildman–Crippen LogP) is 3.35. The smallest absolute Gasteiger partial charge is 0.290 e. The largest absolute Gasteiger partial charge is 0.503 e. The predicted molar refractivity (Wildman–Crippen MR) is 97.3 cm³/mol. The highest BCUT2D eigenvalue weighted by Crippen LogP contribution is 2.39. The van der Waals surface area contributed by atoms with E-state index in [9.17, 15) is 14.7 Å². The van der Waals surface area contributed by atoms with E-state index >= 15 is 0 Å². The number of hydrogen-bond acceptors (Lipinski definition) is 5. The number of furan rings is 1. The Bertz CT molecular complexity index is 876. The lowest BCUT2D eigenvalue weighted by atomic mass is 9.94. The maximum atomic E-state index is 13.0. The van der Waals surface area contributed by atoms with E-state index in [0.29, 0.717) is 13.2 Å². The fourth-order valence-corrected chi connectivity index (χ4v) is 3.72. The van der Waals surface area contributed by atoms with Crippen LogP contribution in [0.1, 0.15) is 40.6 Å². The van der Waals surface area contributed by atoms with Gasteiger partial charge in [0.05, 0.1) is 24.0 Å². The topological polar surface area (TPSA) is 80.0 Å². The van der Waals surface area contributed by atoms with Crippen molar-refractivity contribution in [2.45, 2.75) is 31.9 Å². The average molecular weight is 367 g/mol. The molecule has 2 atom stereocenters. The molecule has 140 valence electrons. The Morgan fingerprint density at radius 3 is 2.67 bits per heavy atom. The number of ketones is 1. The van der Waals surface area contributed by atoms with Gasteiger partial charge in [0.1, 0.15) is 0 Å². The maximum Gasteiger partial charge on any atom is 0.290 e. The molecule has 1 saturated heterocycles. The van der Waals surface area contributed by atoms with Gasteiger partial charge in [-0.25, -0.2) is 0 Å². The van der Waals surface area contributed by atoms with E-state index in [4.69, 9.17) is 9.15 Å². The first-order chi connectivity index (χ1) is 13.1. The van der Waals surface area contributed by atoms with Gasteiger partial charge in [-0.3, -0.25) is 9.59 Å². The minimum atomic E-state index is -0.667. The van der Waals surface area contributed by atoms with Gasteiger partial charge in [-0.05, 0) is 37.5 Å². The monoisotopic (exact) mass is 367 g/mol. The van der Waals surface area contributed by atoms with E-state index in [0.717, 1.165) is 24.0 Å². The van der Waals surface area contributed by atoms with Gasteiger partial charge in [-0.15, -0.1) is 0 Å². The second-order valence-corrected chi connectivity index (χ2v) is 6.97. The lowest BCUT2D eigenvalue weighted by molar-refractivity contribution is -0.131. The van der Waals surface area contributed by atoms with Crippen molar-refractivity contribution in [1.29, 1.82) is 0 Å². The van der Waals surface area contributed by atoms with Crippen LogP contribution in [0.5, 0.6) is 0 Å². The molecule has 2 aromatic rings. The molecule has 0 aliphatic carbocycles. The number of aliphatic hydroxyl groups excluding tert-OH is 1. The van der Waals surface area contributed by atoms with Crippen LogP contribution < -0.4 is 0 Å². The molecule has 2 aliphatic rings. The number of hydrogen-bond donors (Lipinski definition) is 1. The Balaban J connectivity index is 1.75. The first-order valence-corrected chi connectivity index (χ1v) is 9.06. The number of amides is 1. The van der Waals surface area contributed by atoms with Gasteiger partial charge in [-0.1, -0.05) is 29.8 Å². The van der Waals surface area contributed by atoms with Crippen LogP contribution >= 0.6 is 0 Å². The number of carbonyl (C=O) groups is 2. The lowest BCUT2D eigenvalue weighted by Gasteiger charge is -2.28. The van der Waals surface area contributed by atoms with Crippen molar-refractivity contribution >= 4 is 11.7 Å². The van der Waals surface area contributed by atoms with Gasteiger partial charge >= 0.3 is 0 Å². The zero-order valence-corrected chi connectivity index (χ0v) is 15.1. The van der Waals surface area contributed by atoms with Crippen molar-refractivity contribution in [3.8, 4) is 0 Å². The molecule has 0 unspecified atom stereocenters. The highest BCUT2D eigenvalue weighted by molar-refractivity contribution is 6.15. The minimum Gasteiger partial charge on any atom is -0.503 e. The number of Topliss-reactive ketones (excluding diaryl/α,β-unsaturated/α-hetero) is 1. The van der Waals surface area contributed by atoms with Crippen molar-refractivity contribution < 1.29 is 23.8 Å². The number of aryl methyl sites for hydroxylation is 1. The number of ether oxygens (including phenoxy) is 1. The van der Waals surface area contributed by atoms with Gasteiger partial charge in [0, 0.05) is 13.2 Å². The summed E-state index contributed by atoms with van der Waals surface area (Å²) in [5, 5.41) is 10.5.